The average Bonchev–Trinajstić information content (AvgIpc) is 1.98. The molecule has 0 saturated heterocycles. The van der Waals surface area contributed by atoms with Crippen LogP contribution in [-0.2, 0) is 9.59 Å². The van der Waals surface area contributed by atoms with E-state index in [0.29, 0.717) is 0 Å². The molecule has 0 aromatic carbocycles. The minimum Gasteiger partial charge on any atom is -0.349 e. The van der Waals surface area contributed by atoms with Crippen LogP contribution in [0.3, 0.4) is 0 Å². The molecule has 0 aromatic rings. The molecule has 3 N–H and O–H groups in total. The van der Waals surface area contributed by atoms with Crippen LogP contribution in [-0.4, -0.2) is 24.3 Å². The number of carbonyl (C=O) groups is 2. The fraction of sp³-hybridized carbons (Fsp3) is 0.750. The van der Waals surface area contributed by atoms with E-state index < -0.39 is 6.04 Å². The smallest absolute Gasteiger partial charge is 0.217 e. The fourth-order valence-corrected chi connectivity index (χ4v) is 0.701. The number of rotatable bonds is 4. The normalized spacial score (nSPS) is 12.8. The van der Waals surface area contributed by atoms with E-state index in [4.69, 9.17) is 5.73 Å². The predicted molar refractivity (Wildman–Crippen MR) is 46.5 cm³/mol. The van der Waals surface area contributed by atoms with Crippen molar-refractivity contribution in [3.63, 3.8) is 0 Å². The molecule has 0 bridgehead atoms. The first-order valence-corrected chi connectivity index (χ1v) is 3.98. The zero-order chi connectivity index (χ0) is 9.72. The third-order valence-electron chi connectivity index (χ3n) is 1.60. The summed E-state index contributed by atoms with van der Waals surface area (Å²) >= 11 is 0. The summed E-state index contributed by atoms with van der Waals surface area (Å²) in [5.74, 6) is -0.217. The number of nitrogens with two attached hydrogens (primary N) is 1. The maximum atomic E-state index is 11.1. The van der Waals surface area contributed by atoms with Crippen LogP contribution in [0.15, 0.2) is 0 Å². The first kappa shape index (κ1) is 11.1. The number of ketones is 1. The summed E-state index contributed by atoms with van der Waals surface area (Å²) in [6.45, 7) is 5.15. The van der Waals surface area contributed by atoms with Crippen molar-refractivity contribution in [1.29, 1.82) is 0 Å². The van der Waals surface area contributed by atoms with Gasteiger partial charge in [-0.05, 0) is 5.92 Å². The Morgan fingerprint density at radius 2 is 1.92 bits per heavy atom. The monoisotopic (exact) mass is 172 g/mol. The van der Waals surface area contributed by atoms with Gasteiger partial charge in [0.1, 0.15) is 0 Å². The Morgan fingerprint density at radius 3 is 2.25 bits per heavy atom. The molecule has 0 aromatic heterocycles. The highest BCUT2D eigenvalue weighted by Gasteiger charge is 2.16. The second kappa shape index (κ2) is 4.87. The molecule has 0 fully saturated rings. The predicted octanol–water partition coefficient (Wildman–Crippen LogP) is -0.325. The topological polar surface area (TPSA) is 72.2 Å². The Hall–Kier alpha value is -0.900. The zero-order valence-electron chi connectivity index (χ0n) is 7.76. The lowest BCUT2D eigenvalue weighted by molar-refractivity contribution is -0.125. The number of amides is 1. The summed E-state index contributed by atoms with van der Waals surface area (Å²) < 4.78 is 0. The van der Waals surface area contributed by atoms with Crippen LogP contribution in [0.2, 0.25) is 0 Å². The van der Waals surface area contributed by atoms with E-state index in [0.717, 1.165) is 0 Å². The van der Waals surface area contributed by atoms with Gasteiger partial charge in [0.15, 0.2) is 5.78 Å². The standard InChI is InChI=1S/C8H16N2O2/c1-5(2)8(9)7(12)4-10-6(3)11/h5,8H,4,9H2,1-3H3,(H,10,11)/t8-/m0/s1. The minimum atomic E-state index is -0.475. The summed E-state index contributed by atoms with van der Waals surface area (Å²) in [5, 5.41) is 2.41. The molecule has 1 amide bonds. The van der Waals surface area contributed by atoms with Gasteiger partial charge in [-0.3, -0.25) is 9.59 Å². The first-order valence-electron chi connectivity index (χ1n) is 3.98. The van der Waals surface area contributed by atoms with Gasteiger partial charge in [0.25, 0.3) is 0 Å². The summed E-state index contributed by atoms with van der Waals surface area (Å²) in [6.07, 6.45) is 0. The lowest BCUT2D eigenvalue weighted by atomic mass is 10.0. The number of carbonyl (C=O) groups excluding carboxylic acids is 2. The minimum absolute atomic E-state index is 0.0364. The highest BCUT2D eigenvalue weighted by atomic mass is 16.2. The average molecular weight is 172 g/mol. The van der Waals surface area contributed by atoms with Gasteiger partial charge < -0.3 is 11.1 Å². The van der Waals surface area contributed by atoms with E-state index in [-0.39, 0.29) is 24.2 Å². The molecule has 1 atom stereocenters. The largest absolute Gasteiger partial charge is 0.349 e. The van der Waals surface area contributed by atoms with Crippen molar-refractivity contribution >= 4 is 11.7 Å². The zero-order valence-corrected chi connectivity index (χ0v) is 7.76. The quantitative estimate of drug-likeness (QED) is 0.610. The number of Topliss-reactive ketones (excluding diaryl/α,β-unsaturated/α-hetero) is 1. The van der Waals surface area contributed by atoms with Crippen molar-refractivity contribution < 1.29 is 9.59 Å². The maximum Gasteiger partial charge on any atom is 0.217 e. The Morgan fingerprint density at radius 1 is 1.42 bits per heavy atom. The second-order valence-electron chi connectivity index (χ2n) is 3.15. The van der Waals surface area contributed by atoms with Gasteiger partial charge in [0.05, 0.1) is 12.6 Å². The van der Waals surface area contributed by atoms with Gasteiger partial charge in [-0.15, -0.1) is 0 Å². The Bertz CT molecular complexity index is 178. The molecule has 0 radical (unpaired) electrons. The van der Waals surface area contributed by atoms with E-state index in [1.165, 1.54) is 6.92 Å². The number of nitrogens with one attached hydrogen (secondary N) is 1. The molecular formula is C8H16N2O2. The van der Waals surface area contributed by atoms with Gasteiger partial charge in [0, 0.05) is 6.92 Å². The molecular weight excluding hydrogens is 156 g/mol. The molecule has 4 nitrogen and oxygen atoms in total. The molecule has 12 heavy (non-hydrogen) atoms. The summed E-state index contributed by atoms with van der Waals surface area (Å²) in [7, 11) is 0. The SMILES string of the molecule is CC(=O)NCC(=O)[C@@H](N)C(C)C. The lowest BCUT2D eigenvalue weighted by Gasteiger charge is -2.13. The maximum absolute atomic E-state index is 11.1. The molecule has 0 aliphatic carbocycles. The third-order valence-corrected chi connectivity index (χ3v) is 1.60. The van der Waals surface area contributed by atoms with E-state index in [9.17, 15) is 9.59 Å². The van der Waals surface area contributed by atoms with E-state index in [1.807, 2.05) is 13.8 Å². The van der Waals surface area contributed by atoms with Crippen molar-refractivity contribution in [1.82, 2.24) is 5.32 Å². The van der Waals surface area contributed by atoms with E-state index in [1.54, 1.807) is 0 Å². The molecule has 4 heteroatoms. The van der Waals surface area contributed by atoms with Crippen molar-refractivity contribution in [3.05, 3.63) is 0 Å². The summed E-state index contributed by atoms with van der Waals surface area (Å²) in [5.41, 5.74) is 5.55. The Balaban J connectivity index is 3.80. The van der Waals surface area contributed by atoms with Gasteiger partial charge in [-0.25, -0.2) is 0 Å². The van der Waals surface area contributed by atoms with Crippen molar-refractivity contribution in [3.8, 4) is 0 Å². The lowest BCUT2D eigenvalue weighted by Crippen LogP contribution is -2.42. The van der Waals surface area contributed by atoms with Gasteiger partial charge in [0.2, 0.25) is 5.91 Å². The van der Waals surface area contributed by atoms with Crippen LogP contribution in [0, 0.1) is 5.92 Å². The Labute approximate surface area is 72.5 Å². The van der Waals surface area contributed by atoms with Crippen LogP contribution in [0.1, 0.15) is 20.8 Å². The third kappa shape index (κ3) is 4.08. The molecule has 0 spiro atoms. The number of hydrogen-bond acceptors (Lipinski definition) is 3. The number of hydrogen-bond donors (Lipinski definition) is 2. The van der Waals surface area contributed by atoms with Crippen LogP contribution in [0.4, 0.5) is 0 Å². The van der Waals surface area contributed by atoms with E-state index >= 15 is 0 Å². The second-order valence-corrected chi connectivity index (χ2v) is 3.15. The van der Waals surface area contributed by atoms with Gasteiger partial charge in [-0.2, -0.15) is 0 Å². The highest BCUT2D eigenvalue weighted by molar-refractivity contribution is 5.89. The summed E-state index contributed by atoms with van der Waals surface area (Å²) in [6, 6.07) is -0.475. The highest BCUT2D eigenvalue weighted by Crippen LogP contribution is 1.98. The molecule has 0 heterocycles. The molecule has 0 rings (SSSR count). The molecule has 0 unspecified atom stereocenters. The van der Waals surface area contributed by atoms with Crippen LogP contribution >= 0.6 is 0 Å². The van der Waals surface area contributed by atoms with Crippen molar-refractivity contribution in [2.75, 3.05) is 6.54 Å². The van der Waals surface area contributed by atoms with Gasteiger partial charge >= 0.3 is 0 Å². The van der Waals surface area contributed by atoms with Crippen molar-refractivity contribution in [2.45, 2.75) is 26.8 Å². The molecule has 70 valence electrons. The van der Waals surface area contributed by atoms with Crippen LogP contribution in [0.5, 0.6) is 0 Å². The first-order chi connectivity index (χ1) is 5.45. The Kier molecular flexibility index (Phi) is 4.51. The van der Waals surface area contributed by atoms with Gasteiger partial charge in [-0.1, -0.05) is 13.8 Å². The fourth-order valence-electron chi connectivity index (χ4n) is 0.701. The van der Waals surface area contributed by atoms with Crippen LogP contribution < -0.4 is 11.1 Å². The molecule has 0 aliphatic heterocycles. The van der Waals surface area contributed by atoms with E-state index in [2.05, 4.69) is 5.32 Å². The van der Waals surface area contributed by atoms with Crippen molar-refractivity contribution in [2.24, 2.45) is 11.7 Å². The molecule has 0 aliphatic rings. The molecule has 0 saturated carbocycles. The summed E-state index contributed by atoms with van der Waals surface area (Å²) in [4.78, 5) is 21.6. The van der Waals surface area contributed by atoms with Crippen LogP contribution in [0.25, 0.3) is 0 Å².